The van der Waals surface area contributed by atoms with Gasteiger partial charge in [0.25, 0.3) is 0 Å². The Bertz CT molecular complexity index is 703. The van der Waals surface area contributed by atoms with E-state index in [-0.39, 0.29) is 37.4 Å². The fourth-order valence-corrected chi connectivity index (χ4v) is 7.07. The number of carbonyl (C=O) groups is 3. The van der Waals surface area contributed by atoms with Crippen molar-refractivity contribution >= 4 is 17.5 Å². The van der Waals surface area contributed by atoms with Crippen molar-refractivity contribution in [3.05, 3.63) is 0 Å². The maximum atomic E-state index is 13.2. The van der Waals surface area contributed by atoms with Gasteiger partial charge in [0.05, 0.1) is 29.1 Å². The predicted octanol–water partition coefficient (Wildman–Crippen LogP) is 1.94. The zero-order chi connectivity index (χ0) is 19.7. The number of Topliss-reactive ketones (excluding diaryl/α,β-unsaturated/α-hetero) is 2. The number of hydrogen-bond acceptors (Lipinski definition) is 6. The summed E-state index contributed by atoms with van der Waals surface area (Å²) < 4.78 is 5.42. The van der Waals surface area contributed by atoms with Crippen molar-refractivity contribution in [2.75, 3.05) is 6.61 Å². The minimum atomic E-state index is -1.43. The highest BCUT2D eigenvalue weighted by Crippen LogP contribution is 2.67. The largest absolute Gasteiger partial charge is 0.465 e. The first-order chi connectivity index (χ1) is 12.7. The van der Waals surface area contributed by atoms with Crippen molar-refractivity contribution in [3.8, 4) is 0 Å². The van der Waals surface area contributed by atoms with E-state index in [9.17, 15) is 24.6 Å². The normalized spacial score (nSPS) is 49.2. The van der Waals surface area contributed by atoms with Gasteiger partial charge in [-0.05, 0) is 51.9 Å². The van der Waals surface area contributed by atoms with Gasteiger partial charge in [0.2, 0.25) is 0 Å². The molecule has 0 saturated heterocycles. The summed E-state index contributed by atoms with van der Waals surface area (Å²) in [6.07, 6.45) is 3.71. The van der Waals surface area contributed by atoms with Gasteiger partial charge in [-0.2, -0.15) is 0 Å². The molecule has 4 aliphatic carbocycles. The number of carbonyl (C=O) groups excluding carboxylic acids is 3. The summed E-state index contributed by atoms with van der Waals surface area (Å²) in [5.41, 5.74) is -4.95. The number of rotatable bonds is 2. The van der Waals surface area contributed by atoms with E-state index in [1.165, 1.54) is 0 Å². The Labute approximate surface area is 159 Å². The van der Waals surface area contributed by atoms with Crippen LogP contribution in [0.3, 0.4) is 0 Å². The molecule has 0 heterocycles. The second kappa shape index (κ2) is 5.86. The molecule has 4 saturated carbocycles. The molecule has 0 amide bonds. The average Bonchev–Trinajstić information content (AvgIpc) is 2.85. The standard InChI is InChI=1S/C21H30O6/c1-3-27-17(24)20-9-5-4-8-19(20,25)12-14(22)16-13(20)6-10-18(2)15(23)7-11-21(16,18)26/h13,16,25-26H,3-12H2,1-2H3/t13-,16-,18-,19+,20+,21+/m1/s1. The van der Waals surface area contributed by atoms with Gasteiger partial charge in [0.1, 0.15) is 17.0 Å². The number of ether oxygens (including phenoxy) is 1. The number of fused-ring (bicyclic) bond motifs is 5. The van der Waals surface area contributed by atoms with Crippen molar-refractivity contribution in [1.29, 1.82) is 0 Å². The van der Waals surface area contributed by atoms with Gasteiger partial charge in [-0.15, -0.1) is 0 Å². The smallest absolute Gasteiger partial charge is 0.315 e. The van der Waals surface area contributed by atoms with Gasteiger partial charge in [0, 0.05) is 12.8 Å². The SMILES string of the molecule is CCOC(=O)[C@@]12CCCC[C@]1(O)CC(=O)[C@H]1[C@H]2CC[C@]2(C)C(=O)CC[C@]12O. The van der Waals surface area contributed by atoms with E-state index < -0.39 is 39.8 Å². The molecule has 4 rings (SSSR count). The Hall–Kier alpha value is -1.27. The zero-order valence-electron chi connectivity index (χ0n) is 16.3. The van der Waals surface area contributed by atoms with Crippen LogP contribution in [0.2, 0.25) is 0 Å². The molecule has 0 aromatic rings. The van der Waals surface area contributed by atoms with E-state index in [0.717, 1.165) is 12.8 Å². The highest BCUT2D eigenvalue weighted by atomic mass is 16.5. The first-order valence-electron chi connectivity index (χ1n) is 10.3. The molecule has 0 spiro atoms. The highest BCUT2D eigenvalue weighted by molar-refractivity contribution is 5.95. The Morgan fingerprint density at radius 1 is 1.15 bits per heavy atom. The maximum Gasteiger partial charge on any atom is 0.315 e. The molecule has 0 aromatic heterocycles. The fraction of sp³-hybridized carbons (Fsp3) is 0.857. The van der Waals surface area contributed by atoms with Crippen LogP contribution in [0.4, 0.5) is 0 Å². The van der Waals surface area contributed by atoms with Crippen LogP contribution in [0.1, 0.15) is 71.6 Å². The fourth-order valence-electron chi connectivity index (χ4n) is 7.07. The van der Waals surface area contributed by atoms with Crippen LogP contribution < -0.4 is 0 Å². The van der Waals surface area contributed by atoms with E-state index in [1.807, 2.05) is 0 Å². The molecule has 0 radical (unpaired) electrons. The van der Waals surface area contributed by atoms with E-state index in [4.69, 9.17) is 4.74 Å². The zero-order valence-corrected chi connectivity index (χ0v) is 16.3. The van der Waals surface area contributed by atoms with Gasteiger partial charge >= 0.3 is 5.97 Å². The number of hydrogen-bond donors (Lipinski definition) is 2. The third kappa shape index (κ3) is 2.11. The Morgan fingerprint density at radius 3 is 2.56 bits per heavy atom. The lowest BCUT2D eigenvalue weighted by Gasteiger charge is -2.63. The molecular weight excluding hydrogens is 348 g/mol. The summed E-state index contributed by atoms with van der Waals surface area (Å²) >= 11 is 0. The summed E-state index contributed by atoms with van der Waals surface area (Å²) in [4.78, 5) is 39.0. The van der Waals surface area contributed by atoms with Gasteiger partial charge in [0.15, 0.2) is 0 Å². The Morgan fingerprint density at radius 2 is 1.85 bits per heavy atom. The van der Waals surface area contributed by atoms with Crippen LogP contribution in [0.25, 0.3) is 0 Å². The summed E-state index contributed by atoms with van der Waals surface area (Å²) in [6.45, 7) is 3.72. The molecular formula is C21H30O6. The van der Waals surface area contributed by atoms with Crippen LogP contribution >= 0.6 is 0 Å². The molecule has 4 aliphatic rings. The number of aliphatic hydroxyl groups is 2. The Balaban J connectivity index is 1.86. The van der Waals surface area contributed by atoms with Crippen molar-refractivity contribution in [2.45, 2.75) is 82.8 Å². The van der Waals surface area contributed by atoms with E-state index >= 15 is 0 Å². The molecule has 0 aliphatic heterocycles. The summed E-state index contributed by atoms with van der Waals surface area (Å²) in [7, 11) is 0. The van der Waals surface area contributed by atoms with Gasteiger partial charge < -0.3 is 14.9 Å². The number of ketones is 2. The first-order valence-corrected chi connectivity index (χ1v) is 10.3. The molecule has 0 aromatic carbocycles. The lowest BCUT2D eigenvalue weighted by Crippen LogP contribution is -2.72. The molecule has 6 atom stereocenters. The molecule has 150 valence electrons. The summed E-state index contributed by atoms with van der Waals surface area (Å²) in [5, 5.41) is 23.1. The molecule has 6 nitrogen and oxygen atoms in total. The highest BCUT2D eigenvalue weighted by Gasteiger charge is 2.75. The number of esters is 1. The monoisotopic (exact) mass is 378 g/mol. The van der Waals surface area contributed by atoms with Gasteiger partial charge in [-0.3, -0.25) is 14.4 Å². The van der Waals surface area contributed by atoms with Crippen molar-refractivity contribution in [2.24, 2.45) is 22.7 Å². The molecule has 4 fully saturated rings. The van der Waals surface area contributed by atoms with E-state index in [2.05, 4.69) is 0 Å². The van der Waals surface area contributed by atoms with Crippen LogP contribution in [0.5, 0.6) is 0 Å². The summed E-state index contributed by atoms with van der Waals surface area (Å²) in [5.74, 6) is -1.90. The van der Waals surface area contributed by atoms with Crippen LogP contribution in [-0.2, 0) is 19.1 Å². The molecule has 0 unspecified atom stereocenters. The topological polar surface area (TPSA) is 101 Å². The third-order valence-corrected chi connectivity index (χ3v) is 8.50. The second-order valence-corrected chi connectivity index (χ2v) is 9.38. The first kappa shape index (κ1) is 19.1. The maximum absolute atomic E-state index is 13.2. The molecule has 27 heavy (non-hydrogen) atoms. The lowest BCUT2D eigenvalue weighted by molar-refractivity contribution is -0.241. The second-order valence-electron chi connectivity index (χ2n) is 9.38. The quantitative estimate of drug-likeness (QED) is 0.712. The van der Waals surface area contributed by atoms with Crippen molar-refractivity contribution in [3.63, 3.8) is 0 Å². The van der Waals surface area contributed by atoms with Crippen molar-refractivity contribution < 1.29 is 29.3 Å². The molecule has 0 bridgehead atoms. The van der Waals surface area contributed by atoms with Gasteiger partial charge in [-0.25, -0.2) is 0 Å². The molecule has 6 heteroatoms. The molecule has 2 N–H and O–H groups in total. The van der Waals surface area contributed by atoms with Crippen LogP contribution in [-0.4, -0.2) is 45.6 Å². The van der Waals surface area contributed by atoms with Crippen LogP contribution in [0, 0.1) is 22.7 Å². The van der Waals surface area contributed by atoms with E-state index in [0.29, 0.717) is 25.7 Å². The lowest BCUT2D eigenvalue weighted by atomic mass is 9.41. The third-order valence-electron chi connectivity index (χ3n) is 8.50. The Kier molecular flexibility index (Phi) is 4.14. The van der Waals surface area contributed by atoms with Crippen LogP contribution in [0.15, 0.2) is 0 Å². The van der Waals surface area contributed by atoms with E-state index in [1.54, 1.807) is 13.8 Å². The van der Waals surface area contributed by atoms with Crippen molar-refractivity contribution in [1.82, 2.24) is 0 Å². The predicted molar refractivity (Wildman–Crippen MR) is 95.6 cm³/mol. The van der Waals surface area contributed by atoms with Gasteiger partial charge in [-0.1, -0.05) is 12.8 Å². The minimum absolute atomic E-state index is 0.00548. The minimum Gasteiger partial charge on any atom is -0.465 e. The summed E-state index contributed by atoms with van der Waals surface area (Å²) in [6, 6.07) is 0. The average molecular weight is 378 g/mol.